The van der Waals surface area contributed by atoms with Crippen molar-refractivity contribution < 1.29 is 14.3 Å². The molecule has 5 nitrogen and oxygen atoms in total. The summed E-state index contributed by atoms with van der Waals surface area (Å²) in [6.07, 6.45) is 0.752. The van der Waals surface area contributed by atoms with Crippen LogP contribution in [0, 0.1) is 0 Å². The molecular formula is C12H17ClN2O3. The van der Waals surface area contributed by atoms with Gasteiger partial charge in [0.1, 0.15) is 13.2 Å². The number of amides is 1. The van der Waals surface area contributed by atoms with Gasteiger partial charge in [-0.05, 0) is 24.1 Å². The quantitative estimate of drug-likeness (QED) is 0.837. The van der Waals surface area contributed by atoms with Crippen LogP contribution in [0.3, 0.4) is 0 Å². The van der Waals surface area contributed by atoms with Crippen LogP contribution in [0.15, 0.2) is 18.2 Å². The Hall–Kier alpha value is -1.46. The zero-order valence-corrected chi connectivity index (χ0v) is 10.8. The molecular weight excluding hydrogens is 256 g/mol. The molecule has 3 N–H and O–H groups in total. The summed E-state index contributed by atoms with van der Waals surface area (Å²) in [6, 6.07) is 5.82. The van der Waals surface area contributed by atoms with Gasteiger partial charge in [0, 0.05) is 6.54 Å². The van der Waals surface area contributed by atoms with Crippen molar-refractivity contribution in [3.63, 3.8) is 0 Å². The largest absolute Gasteiger partial charge is 0.486 e. The number of fused-ring (bicyclic) bond motifs is 1. The fourth-order valence-corrected chi connectivity index (χ4v) is 1.66. The summed E-state index contributed by atoms with van der Waals surface area (Å²) in [5, 5.41) is 2.72. The van der Waals surface area contributed by atoms with Gasteiger partial charge < -0.3 is 20.5 Å². The first-order chi connectivity index (χ1) is 8.29. The number of ether oxygens (including phenoxy) is 2. The molecule has 0 aliphatic carbocycles. The first-order valence-electron chi connectivity index (χ1n) is 5.65. The highest BCUT2D eigenvalue weighted by Crippen LogP contribution is 2.30. The molecule has 0 unspecified atom stereocenters. The van der Waals surface area contributed by atoms with E-state index in [-0.39, 0.29) is 24.9 Å². The lowest BCUT2D eigenvalue weighted by Crippen LogP contribution is -2.31. The molecule has 0 saturated carbocycles. The molecule has 2 rings (SSSR count). The van der Waals surface area contributed by atoms with Crippen LogP contribution in [0.5, 0.6) is 11.5 Å². The summed E-state index contributed by atoms with van der Waals surface area (Å²) in [6.45, 7) is 1.79. The van der Waals surface area contributed by atoms with Crippen molar-refractivity contribution >= 4 is 18.3 Å². The molecule has 6 heteroatoms. The van der Waals surface area contributed by atoms with E-state index in [2.05, 4.69) is 5.32 Å². The van der Waals surface area contributed by atoms with Crippen molar-refractivity contribution in [1.82, 2.24) is 5.32 Å². The maximum atomic E-state index is 11.0. The zero-order chi connectivity index (χ0) is 12.1. The Morgan fingerprint density at radius 3 is 2.72 bits per heavy atom. The van der Waals surface area contributed by atoms with Crippen LogP contribution >= 0.6 is 12.4 Å². The lowest BCUT2D eigenvalue weighted by Gasteiger charge is -2.18. The van der Waals surface area contributed by atoms with Gasteiger partial charge in [-0.3, -0.25) is 4.79 Å². The summed E-state index contributed by atoms with van der Waals surface area (Å²) in [5.41, 5.74) is 6.30. The Morgan fingerprint density at radius 2 is 2.00 bits per heavy atom. The molecule has 1 aromatic carbocycles. The third-order valence-corrected chi connectivity index (χ3v) is 2.53. The SMILES string of the molecule is Cl.NCC(=O)NCCc1ccc2c(c1)OCCO2. The van der Waals surface area contributed by atoms with Crippen LogP contribution in [0.4, 0.5) is 0 Å². The maximum absolute atomic E-state index is 11.0. The van der Waals surface area contributed by atoms with Gasteiger partial charge >= 0.3 is 0 Å². The number of carbonyl (C=O) groups excluding carboxylic acids is 1. The van der Waals surface area contributed by atoms with Gasteiger partial charge in [-0.15, -0.1) is 12.4 Å². The number of nitrogens with two attached hydrogens (primary N) is 1. The van der Waals surface area contributed by atoms with Crippen molar-refractivity contribution in [2.24, 2.45) is 5.73 Å². The third kappa shape index (κ3) is 3.78. The molecule has 1 aliphatic heterocycles. The molecule has 1 aromatic rings. The highest BCUT2D eigenvalue weighted by atomic mass is 35.5. The number of halogens is 1. The van der Waals surface area contributed by atoms with Crippen molar-refractivity contribution in [1.29, 1.82) is 0 Å². The second kappa shape index (κ2) is 7.08. The molecule has 1 aliphatic rings. The van der Waals surface area contributed by atoms with Crippen LogP contribution in [-0.4, -0.2) is 32.2 Å². The number of nitrogens with one attached hydrogen (secondary N) is 1. The van der Waals surface area contributed by atoms with Gasteiger partial charge in [0.2, 0.25) is 5.91 Å². The van der Waals surface area contributed by atoms with Crippen molar-refractivity contribution in [3.05, 3.63) is 23.8 Å². The summed E-state index contributed by atoms with van der Waals surface area (Å²) in [5.74, 6) is 1.42. The van der Waals surface area contributed by atoms with Crippen LogP contribution in [0.1, 0.15) is 5.56 Å². The minimum Gasteiger partial charge on any atom is -0.486 e. The van der Waals surface area contributed by atoms with E-state index >= 15 is 0 Å². The molecule has 100 valence electrons. The van der Waals surface area contributed by atoms with E-state index in [0.29, 0.717) is 19.8 Å². The average molecular weight is 273 g/mol. The average Bonchev–Trinajstić information content (AvgIpc) is 2.38. The van der Waals surface area contributed by atoms with Crippen molar-refractivity contribution in [2.45, 2.75) is 6.42 Å². The minimum atomic E-state index is -0.137. The number of benzene rings is 1. The fraction of sp³-hybridized carbons (Fsp3) is 0.417. The summed E-state index contributed by atoms with van der Waals surface area (Å²) in [4.78, 5) is 11.0. The van der Waals surface area contributed by atoms with Crippen molar-refractivity contribution in [3.8, 4) is 11.5 Å². The van der Waals surface area contributed by atoms with E-state index < -0.39 is 0 Å². The molecule has 0 radical (unpaired) electrons. The molecule has 0 spiro atoms. The highest BCUT2D eigenvalue weighted by Gasteiger charge is 2.11. The summed E-state index contributed by atoms with van der Waals surface area (Å²) >= 11 is 0. The molecule has 18 heavy (non-hydrogen) atoms. The van der Waals surface area contributed by atoms with E-state index in [9.17, 15) is 4.79 Å². The lowest BCUT2D eigenvalue weighted by atomic mass is 10.1. The Balaban J connectivity index is 0.00000162. The molecule has 0 fully saturated rings. The Morgan fingerprint density at radius 1 is 1.28 bits per heavy atom. The van der Waals surface area contributed by atoms with Crippen molar-refractivity contribution in [2.75, 3.05) is 26.3 Å². The van der Waals surface area contributed by atoms with Gasteiger partial charge in [0.25, 0.3) is 0 Å². The van der Waals surface area contributed by atoms with Crippen LogP contribution in [0.25, 0.3) is 0 Å². The van der Waals surface area contributed by atoms with Gasteiger partial charge in [0.15, 0.2) is 11.5 Å². The molecule has 1 heterocycles. The van der Waals surface area contributed by atoms with E-state index in [1.807, 2.05) is 18.2 Å². The van der Waals surface area contributed by atoms with Gasteiger partial charge in [-0.2, -0.15) is 0 Å². The van der Waals surface area contributed by atoms with Crippen LogP contribution < -0.4 is 20.5 Å². The first kappa shape index (κ1) is 14.6. The first-order valence-corrected chi connectivity index (χ1v) is 5.65. The number of hydrogen-bond acceptors (Lipinski definition) is 4. The highest BCUT2D eigenvalue weighted by molar-refractivity contribution is 5.85. The Kier molecular flexibility index (Phi) is 5.74. The second-order valence-electron chi connectivity index (χ2n) is 3.78. The van der Waals surface area contributed by atoms with Crippen LogP contribution in [-0.2, 0) is 11.2 Å². The minimum absolute atomic E-state index is 0. The number of rotatable bonds is 4. The normalized spacial score (nSPS) is 12.5. The number of carbonyl (C=O) groups is 1. The van der Waals surface area contributed by atoms with Gasteiger partial charge in [0.05, 0.1) is 6.54 Å². The maximum Gasteiger partial charge on any atom is 0.233 e. The van der Waals surface area contributed by atoms with E-state index in [1.54, 1.807) is 0 Å². The summed E-state index contributed by atoms with van der Waals surface area (Å²) < 4.78 is 10.9. The second-order valence-corrected chi connectivity index (χ2v) is 3.78. The fourth-order valence-electron chi connectivity index (χ4n) is 1.66. The Bertz CT molecular complexity index is 412. The van der Waals surface area contributed by atoms with E-state index in [0.717, 1.165) is 23.5 Å². The van der Waals surface area contributed by atoms with Crippen LogP contribution in [0.2, 0.25) is 0 Å². The van der Waals surface area contributed by atoms with Gasteiger partial charge in [-0.1, -0.05) is 6.07 Å². The monoisotopic (exact) mass is 272 g/mol. The van der Waals surface area contributed by atoms with E-state index in [1.165, 1.54) is 0 Å². The van der Waals surface area contributed by atoms with E-state index in [4.69, 9.17) is 15.2 Å². The molecule has 0 saturated heterocycles. The molecule has 0 aromatic heterocycles. The topological polar surface area (TPSA) is 73.6 Å². The molecule has 0 bridgehead atoms. The molecule has 0 atom stereocenters. The lowest BCUT2D eigenvalue weighted by molar-refractivity contribution is -0.119. The zero-order valence-electron chi connectivity index (χ0n) is 9.98. The predicted octanol–water partition coefficient (Wildman–Crippen LogP) is 0.497. The number of hydrogen-bond donors (Lipinski definition) is 2. The standard InChI is InChI=1S/C12H16N2O3.ClH/c13-8-12(15)14-4-3-9-1-2-10-11(7-9)17-6-5-16-10;/h1-2,7H,3-6,8,13H2,(H,14,15);1H. The summed E-state index contributed by atoms with van der Waals surface area (Å²) in [7, 11) is 0. The smallest absolute Gasteiger partial charge is 0.233 e. The Labute approximate surface area is 112 Å². The predicted molar refractivity (Wildman–Crippen MR) is 70.4 cm³/mol. The third-order valence-electron chi connectivity index (χ3n) is 2.53. The van der Waals surface area contributed by atoms with Gasteiger partial charge in [-0.25, -0.2) is 0 Å². The molecule has 1 amide bonds.